The van der Waals surface area contributed by atoms with E-state index in [1.807, 2.05) is 20.8 Å². The van der Waals surface area contributed by atoms with Crippen molar-refractivity contribution in [2.24, 2.45) is 0 Å². The van der Waals surface area contributed by atoms with Gasteiger partial charge in [0.25, 0.3) is 5.91 Å². The van der Waals surface area contributed by atoms with E-state index in [0.717, 1.165) is 11.5 Å². The highest BCUT2D eigenvalue weighted by Crippen LogP contribution is 2.31. The average Bonchev–Trinajstić information content (AvgIpc) is 3.21. The van der Waals surface area contributed by atoms with E-state index in [1.54, 1.807) is 24.3 Å². The molecule has 0 aliphatic heterocycles. The maximum Gasteiger partial charge on any atom is 0.280 e. The van der Waals surface area contributed by atoms with Crippen LogP contribution in [0.1, 0.15) is 42.9 Å². The Kier molecular flexibility index (Phi) is 6.48. The lowest BCUT2D eigenvalue weighted by Gasteiger charge is -2.33. The number of aromatic nitrogens is 2. The van der Waals surface area contributed by atoms with Crippen LogP contribution in [0.5, 0.6) is 0 Å². The number of halogens is 2. The Morgan fingerprint density at radius 3 is 2.27 bits per heavy atom. The van der Waals surface area contributed by atoms with Crippen molar-refractivity contribution in [1.29, 1.82) is 0 Å². The summed E-state index contributed by atoms with van der Waals surface area (Å²) in [6.07, 6.45) is 0. The van der Waals surface area contributed by atoms with E-state index in [2.05, 4.69) is 14.9 Å². The summed E-state index contributed by atoms with van der Waals surface area (Å²) in [5.74, 6) is -1.38. The Hall–Kier alpha value is -2.84. The first kappa shape index (κ1) is 21.9. The zero-order chi connectivity index (χ0) is 21.9. The summed E-state index contributed by atoms with van der Waals surface area (Å²) < 4.78 is 17.3. The highest BCUT2D eigenvalue weighted by atomic mass is 35.5. The number of amides is 2. The fraction of sp³-hybridized carbons (Fsp3) is 0.238. The molecule has 0 saturated heterocycles. The second-order valence-corrected chi connectivity index (χ2v) is 8.68. The Bertz CT molecular complexity index is 1020. The first-order valence-corrected chi connectivity index (χ1v) is 10.3. The van der Waals surface area contributed by atoms with E-state index < -0.39 is 29.2 Å². The minimum atomic E-state index is -1.04. The first-order chi connectivity index (χ1) is 14.2. The van der Waals surface area contributed by atoms with Gasteiger partial charge in [0.05, 0.1) is 0 Å². The van der Waals surface area contributed by atoms with Gasteiger partial charge in [-0.1, -0.05) is 28.2 Å². The van der Waals surface area contributed by atoms with Crippen molar-refractivity contribution in [2.45, 2.75) is 32.4 Å². The Morgan fingerprint density at radius 1 is 1.10 bits per heavy atom. The van der Waals surface area contributed by atoms with Crippen LogP contribution in [0, 0.1) is 5.82 Å². The van der Waals surface area contributed by atoms with Crippen molar-refractivity contribution >= 4 is 40.6 Å². The quantitative estimate of drug-likeness (QED) is 0.619. The summed E-state index contributed by atoms with van der Waals surface area (Å²) >= 11 is 7.04. The van der Waals surface area contributed by atoms with E-state index in [1.165, 1.54) is 34.5 Å². The van der Waals surface area contributed by atoms with Crippen LogP contribution in [0.15, 0.2) is 53.9 Å². The third-order valence-electron chi connectivity index (χ3n) is 4.09. The Morgan fingerprint density at radius 2 is 1.73 bits per heavy atom. The molecule has 1 aromatic heterocycles. The molecule has 6 nitrogen and oxygen atoms in total. The minimum Gasteiger partial charge on any atom is -0.349 e. The normalized spacial score (nSPS) is 12.3. The van der Waals surface area contributed by atoms with Gasteiger partial charge >= 0.3 is 0 Å². The molecule has 2 amide bonds. The highest BCUT2D eigenvalue weighted by molar-refractivity contribution is 7.03. The number of nitrogens with one attached hydrogen (secondary N) is 1. The molecule has 0 saturated carbocycles. The number of hydrogen-bond acceptors (Lipinski definition) is 5. The van der Waals surface area contributed by atoms with Gasteiger partial charge in [0.2, 0.25) is 5.91 Å². The Balaban J connectivity index is 2.16. The molecule has 3 rings (SSSR count). The van der Waals surface area contributed by atoms with Gasteiger partial charge in [0.15, 0.2) is 5.69 Å². The van der Waals surface area contributed by atoms with Crippen molar-refractivity contribution < 1.29 is 14.0 Å². The SMILES string of the molecule is CC(C)(C)NC(=O)C(c1ccc(Cl)cc1)N(C(=O)c1csnn1)c1ccc(F)cc1. The van der Waals surface area contributed by atoms with E-state index in [4.69, 9.17) is 11.6 Å². The summed E-state index contributed by atoms with van der Waals surface area (Å²) in [7, 11) is 0. The molecule has 0 radical (unpaired) electrons. The van der Waals surface area contributed by atoms with Crippen molar-refractivity contribution in [2.75, 3.05) is 4.90 Å². The fourth-order valence-electron chi connectivity index (χ4n) is 2.87. The second kappa shape index (κ2) is 8.89. The van der Waals surface area contributed by atoms with Crippen molar-refractivity contribution in [3.63, 3.8) is 0 Å². The average molecular weight is 447 g/mol. The number of rotatable bonds is 5. The number of carbonyl (C=O) groups is 2. The van der Waals surface area contributed by atoms with Crippen LogP contribution in [0.25, 0.3) is 0 Å². The lowest BCUT2D eigenvalue weighted by atomic mass is 10.0. The zero-order valence-electron chi connectivity index (χ0n) is 16.6. The molecule has 1 unspecified atom stereocenters. The molecule has 0 aliphatic carbocycles. The standard InChI is InChI=1S/C21H20ClFN4O2S/c1-21(2,3)24-19(28)18(13-4-6-14(22)7-5-13)27(16-10-8-15(23)9-11-16)20(29)17-12-30-26-25-17/h4-12,18H,1-3H3,(H,24,28). The molecule has 0 fully saturated rings. The molecule has 156 valence electrons. The Labute approximate surface area is 182 Å². The summed E-state index contributed by atoms with van der Waals surface area (Å²) in [5, 5.41) is 8.77. The highest BCUT2D eigenvalue weighted by Gasteiger charge is 2.35. The van der Waals surface area contributed by atoms with Crippen LogP contribution >= 0.6 is 23.1 Å². The zero-order valence-corrected chi connectivity index (χ0v) is 18.2. The molecular weight excluding hydrogens is 427 g/mol. The van der Waals surface area contributed by atoms with Gasteiger partial charge in [-0.25, -0.2) is 4.39 Å². The van der Waals surface area contributed by atoms with Gasteiger partial charge in [-0.15, -0.1) is 5.10 Å². The predicted molar refractivity (Wildman–Crippen MR) is 115 cm³/mol. The van der Waals surface area contributed by atoms with Crippen LogP contribution in [0.2, 0.25) is 5.02 Å². The molecular formula is C21H20ClFN4O2S. The van der Waals surface area contributed by atoms with E-state index >= 15 is 0 Å². The van der Waals surface area contributed by atoms with Crippen molar-refractivity contribution in [3.8, 4) is 0 Å². The lowest BCUT2D eigenvalue weighted by molar-refractivity contribution is -0.123. The number of carbonyl (C=O) groups excluding carboxylic acids is 2. The number of nitrogens with zero attached hydrogens (tertiary/aromatic N) is 3. The van der Waals surface area contributed by atoms with Crippen LogP contribution in [-0.2, 0) is 4.79 Å². The summed E-state index contributed by atoms with van der Waals surface area (Å²) in [4.78, 5) is 28.0. The molecule has 1 N–H and O–H groups in total. The summed E-state index contributed by atoms with van der Waals surface area (Å²) in [6, 6.07) is 11.0. The van der Waals surface area contributed by atoms with Crippen LogP contribution in [0.4, 0.5) is 10.1 Å². The second-order valence-electron chi connectivity index (χ2n) is 7.64. The predicted octanol–water partition coefficient (Wildman–Crippen LogP) is 4.63. The third kappa shape index (κ3) is 5.20. The van der Waals surface area contributed by atoms with E-state index in [-0.39, 0.29) is 5.69 Å². The number of benzene rings is 2. The van der Waals surface area contributed by atoms with Gasteiger partial charge in [-0.05, 0) is 74.3 Å². The van der Waals surface area contributed by atoms with Crippen LogP contribution < -0.4 is 10.2 Å². The third-order valence-corrected chi connectivity index (χ3v) is 4.85. The summed E-state index contributed by atoms with van der Waals surface area (Å²) in [6.45, 7) is 5.54. The van der Waals surface area contributed by atoms with Crippen molar-refractivity contribution in [3.05, 3.63) is 76.0 Å². The largest absolute Gasteiger partial charge is 0.349 e. The van der Waals surface area contributed by atoms with E-state index in [9.17, 15) is 14.0 Å². The molecule has 0 bridgehead atoms. The van der Waals surface area contributed by atoms with Gasteiger partial charge in [-0.3, -0.25) is 14.5 Å². The minimum absolute atomic E-state index is 0.0897. The van der Waals surface area contributed by atoms with Crippen LogP contribution in [0.3, 0.4) is 0 Å². The van der Waals surface area contributed by atoms with Gasteiger partial charge < -0.3 is 5.32 Å². The smallest absolute Gasteiger partial charge is 0.280 e. The fourth-order valence-corrected chi connectivity index (χ4v) is 3.42. The molecule has 3 aromatic rings. The molecule has 1 atom stereocenters. The van der Waals surface area contributed by atoms with Gasteiger partial charge in [0, 0.05) is 21.6 Å². The molecule has 2 aromatic carbocycles. The maximum absolute atomic E-state index is 13.6. The topological polar surface area (TPSA) is 75.2 Å². The molecule has 0 spiro atoms. The summed E-state index contributed by atoms with van der Waals surface area (Å²) in [5.41, 5.74) is 0.439. The number of anilines is 1. The maximum atomic E-state index is 13.6. The number of hydrogen-bond donors (Lipinski definition) is 1. The first-order valence-electron chi connectivity index (χ1n) is 9.09. The van der Waals surface area contributed by atoms with Crippen LogP contribution in [-0.4, -0.2) is 26.9 Å². The molecule has 30 heavy (non-hydrogen) atoms. The molecule has 0 aliphatic rings. The van der Waals surface area contributed by atoms with Gasteiger partial charge in [-0.2, -0.15) is 0 Å². The molecule has 1 heterocycles. The van der Waals surface area contributed by atoms with E-state index in [0.29, 0.717) is 16.3 Å². The lowest BCUT2D eigenvalue weighted by Crippen LogP contribution is -2.49. The van der Waals surface area contributed by atoms with Gasteiger partial charge in [0.1, 0.15) is 11.9 Å². The molecule has 9 heteroatoms. The monoisotopic (exact) mass is 446 g/mol. The van der Waals surface area contributed by atoms with Crippen molar-refractivity contribution in [1.82, 2.24) is 14.9 Å².